The van der Waals surface area contributed by atoms with Crippen molar-refractivity contribution in [3.05, 3.63) is 72.1 Å². The zero-order valence-corrected chi connectivity index (χ0v) is 19.5. The Balaban J connectivity index is 1.33. The van der Waals surface area contributed by atoms with E-state index in [9.17, 15) is 4.79 Å². The molecule has 0 unspecified atom stereocenters. The van der Waals surface area contributed by atoms with E-state index in [1.54, 1.807) is 24.2 Å². The van der Waals surface area contributed by atoms with Gasteiger partial charge in [0.25, 0.3) is 0 Å². The van der Waals surface area contributed by atoms with E-state index in [4.69, 9.17) is 0 Å². The molecule has 0 radical (unpaired) electrons. The summed E-state index contributed by atoms with van der Waals surface area (Å²) >= 11 is 3.05. The number of aryl methyl sites for hydroxylation is 1. The first-order valence-electron chi connectivity index (χ1n) is 10.4. The molecule has 5 nitrogen and oxygen atoms in total. The maximum Gasteiger partial charge on any atom is 0.233 e. The summed E-state index contributed by atoms with van der Waals surface area (Å²) in [6.07, 6.45) is 3.38. The van der Waals surface area contributed by atoms with Crippen molar-refractivity contribution >= 4 is 35.1 Å². The van der Waals surface area contributed by atoms with E-state index in [1.807, 2.05) is 35.2 Å². The Labute approximate surface area is 192 Å². The molecular formula is C24H26N4OS2. The summed E-state index contributed by atoms with van der Waals surface area (Å²) in [4.78, 5) is 27.2. The fourth-order valence-electron chi connectivity index (χ4n) is 3.58. The SMILES string of the molecule is Cc1cccc(N2CCN(C(=O)CSc3nccnc3Sc3ccccc3)CC2)c1C. The Bertz CT molecular complexity index is 1040. The van der Waals surface area contributed by atoms with E-state index >= 15 is 0 Å². The van der Waals surface area contributed by atoms with Crippen LogP contribution in [0.1, 0.15) is 11.1 Å². The summed E-state index contributed by atoms with van der Waals surface area (Å²) in [5, 5.41) is 1.64. The summed E-state index contributed by atoms with van der Waals surface area (Å²) in [7, 11) is 0. The summed E-state index contributed by atoms with van der Waals surface area (Å²) in [5.74, 6) is 0.539. The van der Waals surface area contributed by atoms with Gasteiger partial charge in [0, 0.05) is 49.2 Å². The van der Waals surface area contributed by atoms with E-state index < -0.39 is 0 Å². The highest BCUT2D eigenvalue weighted by Crippen LogP contribution is 2.32. The van der Waals surface area contributed by atoms with E-state index in [0.29, 0.717) is 5.75 Å². The molecule has 4 rings (SSSR count). The van der Waals surface area contributed by atoms with Gasteiger partial charge < -0.3 is 9.80 Å². The van der Waals surface area contributed by atoms with Crippen LogP contribution in [0.3, 0.4) is 0 Å². The van der Waals surface area contributed by atoms with Crippen molar-refractivity contribution in [3.8, 4) is 0 Å². The number of hydrogen-bond acceptors (Lipinski definition) is 6. The minimum atomic E-state index is 0.159. The Morgan fingerprint density at radius 2 is 1.61 bits per heavy atom. The molecule has 1 aromatic heterocycles. The molecule has 0 bridgehead atoms. The zero-order chi connectivity index (χ0) is 21.6. The van der Waals surface area contributed by atoms with Crippen LogP contribution in [0, 0.1) is 13.8 Å². The van der Waals surface area contributed by atoms with Crippen LogP contribution in [0.25, 0.3) is 0 Å². The molecule has 1 saturated heterocycles. The highest BCUT2D eigenvalue weighted by Gasteiger charge is 2.23. The summed E-state index contributed by atoms with van der Waals surface area (Å²) in [5.41, 5.74) is 3.91. The maximum absolute atomic E-state index is 12.8. The highest BCUT2D eigenvalue weighted by molar-refractivity contribution is 8.02. The molecule has 3 aromatic rings. The van der Waals surface area contributed by atoms with Gasteiger partial charge in [-0.1, -0.05) is 53.9 Å². The molecule has 1 aliphatic rings. The average Bonchev–Trinajstić information content (AvgIpc) is 2.81. The molecule has 31 heavy (non-hydrogen) atoms. The number of nitrogens with zero attached hydrogens (tertiary/aromatic N) is 4. The molecule has 0 aliphatic carbocycles. The van der Waals surface area contributed by atoms with E-state index in [2.05, 4.69) is 46.9 Å². The predicted octanol–water partition coefficient (Wildman–Crippen LogP) is 4.69. The Hall–Kier alpha value is -2.51. The number of anilines is 1. The third-order valence-corrected chi connectivity index (χ3v) is 7.57. The maximum atomic E-state index is 12.8. The second-order valence-corrected chi connectivity index (χ2v) is 9.48. The summed E-state index contributed by atoms with van der Waals surface area (Å²) < 4.78 is 0. The van der Waals surface area contributed by atoms with Gasteiger partial charge in [0.15, 0.2) is 0 Å². The van der Waals surface area contributed by atoms with Crippen LogP contribution in [0.2, 0.25) is 0 Å². The van der Waals surface area contributed by atoms with Gasteiger partial charge in [-0.25, -0.2) is 9.97 Å². The van der Waals surface area contributed by atoms with Gasteiger partial charge >= 0.3 is 0 Å². The lowest BCUT2D eigenvalue weighted by atomic mass is 10.1. The molecule has 0 atom stereocenters. The van der Waals surface area contributed by atoms with Gasteiger partial charge in [-0.05, 0) is 43.2 Å². The van der Waals surface area contributed by atoms with Gasteiger partial charge in [0.05, 0.1) is 5.75 Å². The highest BCUT2D eigenvalue weighted by atomic mass is 32.2. The summed E-state index contributed by atoms with van der Waals surface area (Å²) in [6, 6.07) is 16.5. The van der Waals surface area contributed by atoms with Crippen LogP contribution in [-0.4, -0.2) is 52.7 Å². The molecular weight excluding hydrogens is 424 g/mol. The van der Waals surface area contributed by atoms with Crippen LogP contribution < -0.4 is 4.90 Å². The number of carbonyl (C=O) groups is 1. The van der Waals surface area contributed by atoms with Crippen molar-refractivity contribution in [1.82, 2.24) is 14.9 Å². The van der Waals surface area contributed by atoms with Crippen molar-refractivity contribution in [3.63, 3.8) is 0 Å². The number of carbonyl (C=O) groups excluding carboxylic acids is 1. The third-order valence-electron chi connectivity index (χ3n) is 5.47. The van der Waals surface area contributed by atoms with Crippen LogP contribution in [0.15, 0.2) is 75.9 Å². The number of amides is 1. The Kier molecular flexibility index (Phi) is 7.14. The van der Waals surface area contributed by atoms with Gasteiger partial charge in [-0.2, -0.15) is 0 Å². The Morgan fingerprint density at radius 3 is 2.35 bits per heavy atom. The second kappa shape index (κ2) is 10.2. The minimum Gasteiger partial charge on any atom is -0.368 e. The fraction of sp³-hybridized carbons (Fsp3) is 0.292. The first kappa shape index (κ1) is 21.7. The molecule has 1 fully saturated rings. The van der Waals surface area contributed by atoms with Crippen molar-refractivity contribution in [2.24, 2.45) is 0 Å². The number of benzene rings is 2. The molecule has 2 aromatic carbocycles. The molecule has 7 heteroatoms. The fourth-order valence-corrected chi connectivity index (χ4v) is 5.40. The van der Waals surface area contributed by atoms with E-state index in [1.165, 1.54) is 28.6 Å². The second-order valence-electron chi connectivity index (χ2n) is 7.46. The number of rotatable bonds is 6. The topological polar surface area (TPSA) is 49.3 Å². The van der Waals surface area contributed by atoms with Gasteiger partial charge in [-0.3, -0.25) is 4.79 Å². The predicted molar refractivity (Wildman–Crippen MR) is 128 cm³/mol. The monoisotopic (exact) mass is 450 g/mol. The smallest absolute Gasteiger partial charge is 0.233 e. The normalized spacial score (nSPS) is 14.0. The first-order chi connectivity index (χ1) is 15.1. The summed E-state index contributed by atoms with van der Waals surface area (Å²) in [6.45, 7) is 7.54. The van der Waals surface area contributed by atoms with Crippen molar-refractivity contribution in [2.75, 3.05) is 36.8 Å². The lowest BCUT2D eigenvalue weighted by Gasteiger charge is -2.37. The lowest BCUT2D eigenvalue weighted by Crippen LogP contribution is -2.49. The standard InChI is InChI=1S/C24H26N4OS2/c1-18-7-6-10-21(19(18)2)27-13-15-28(16-14-27)22(29)17-30-23-24(26-12-11-25-23)31-20-8-4-3-5-9-20/h3-12H,13-17H2,1-2H3. The quantitative estimate of drug-likeness (QED) is 0.508. The number of piperazine rings is 1. The molecule has 2 heterocycles. The van der Waals surface area contributed by atoms with E-state index in [0.717, 1.165) is 41.1 Å². The molecule has 160 valence electrons. The number of thioether (sulfide) groups is 1. The van der Waals surface area contributed by atoms with Gasteiger partial charge in [-0.15, -0.1) is 0 Å². The average molecular weight is 451 g/mol. The zero-order valence-electron chi connectivity index (χ0n) is 17.8. The molecule has 0 N–H and O–H groups in total. The first-order valence-corrected chi connectivity index (χ1v) is 12.2. The van der Waals surface area contributed by atoms with E-state index in [-0.39, 0.29) is 5.91 Å². The van der Waals surface area contributed by atoms with Gasteiger partial charge in [0.1, 0.15) is 10.1 Å². The van der Waals surface area contributed by atoms with Gasteiger partial charge in [0.2, 0.25) is 5.91 Å². The molecule has 0 saturated carbocycles. The van der Waals surface area contributed by atoms with Crippen LogP contribution in [0.5, 0.6) is 0 Å². The Morgan fingerprint density at radius 1 is 0.903 bits per heavy atom. The molecule has 1 amide bonds. The van der Waals surface area contributed by atoms with Crippen LogP contribution >= 0.6 is 23.5 Å². The lowest BCUT2D eigenvalue weighted by molar-refractivity contribution is -0.128. The molecule has 0 spiro atoms. The number of aromatic nitrogens is 2. The molecule has 1 aliphatic heterocycles. The minimum absolute atomic E-state index is 0.159. The van der Waals surface area contributed by atoms with Crippen molar-refractivity contribution in [2.45, 2.75) is 28.8 Å². The number of hydrogen-bond donors (Lipinski definition) is 0. The largest absolute Gasteiger partial charge is 0.368 e. The van der Waals surface area contributed by atoms with Crippen molar-refractivity contribution in [1.29, 1.82) is 0 Å². The van der Waals surface area contributed by atoms with Crippen molar-refractivity contribution < 1.29 is 4.79 Å². The van der Waals surface area contributed by atoms with Crippen LogP contribution in [0.4, 0.5) is 5.69 Å². The van der Waals surface area contributed by atoms with Crippen LogP contribution in [-0.2, 0) is 4.79 Å². The third kappa shape index (κ3) is 5.40.